The van der Waals surface area contributed by atoms with Gasteiger partial charge in [-0.1, -0.05) is 17.9 Å². The predicted octanol–water partition coefficient (Wildman–Crippen LogP) is 4.13. The summed E-state index contributed by atoms with van der Waals surface area (Å²) in [5, 5.41) is 16.6. The van der Waals surface area contributed by atoms with E-state index in [1.807, 2.05) is 50.2 Å². The summed E-state index contributed by atoms with van der Waals surface area (Å²) in [7, 11) is 0. The molecule has 1 fully saturated rings. The van der Waals surface area contributed by atoms with Crippen molar-refractivity contribution in [1.29, 1.82) is 0 Å². The van der Waals surface area contributed by atoms with Gasteiger partial charge in [0.05, 0.1) is 16.3 Å². The number of nitrogen functional groups attached to an aromatic ring is 1. The third-order valence-electron chi connectivity index (χ3n) is 8.08. The lowest BCUT2D eigenvalue weighted by Gasteiger charge is -2.16. The van der Waals surface area contributed by atoms with Gasteiger partial charge in [0.25, 0.3) is 5.56 Å². The highest BCUT2D eigenvalue weighted by Gasteiger charge is 2.35. The van der Waals surface area contributed by atoms with E-state index in [-0.39, 0.29) is 23.7 Å². The zero-order valence-corrected chi connectivity index (χ0v) is 24.2. The smallest absolute Gasteiger partial charge is 0.282 e. The molecule has 2 aromatic carbocycles. The molecule has 5 heterocycles. The van der Waals surface area contributed by atoms with E-state index in [4.69, 9.17) is 20.6 Å². The minimum absolute atomic E-state index is 0.0691. The number of phenols is 1. The van der Waals surface area contributed by atoms with Crippen LogP contribution in [0.4, 0.5) is 5.82 Å². The Kier molecular flexibility index (Phi) is 5.58. The van der Waals surface area contributed by atoms with Gasteiger partial charge in [0.1, 0.15) is 30.0 Å². The minimum atomic E-state index is -0.500. The van der Waals surface area contributed by atoms with Crippen molar-refractivity contribution < 1.29 is 9.84 Å². The molecule has 0 unspecified atom stereocenters. The lowest BCUT2D eigenvalue weighted by Crippen LogP contribution is -2.31. The average molecular weight is 585 g/mol. The Labute approximate surface area is 251 Å². The van der Waals surface area contributed by atoms with Crippen molar-refractivity contribution in [2.24, 2.45) is 5.92 Å². The zero-order chi connectivity index (χ0) is 30.2. The number of nitrogens with two attached hydrogens (primary N) is 1. The van der Waals surface area contributed by atoms with Crippen LogP contribution in [0.2, 0.25) is 0 Å². The summed E-state index contributed by atoms with van der Waals surface area (Å²) < 4.78 is 11.0. The van der Waals surface area contributed by atoms with Gasteiger partial charge in [0, 0.05) is 41.4 Å². The van der Waals surface area contributed by atoms with Crippen molar-refractivity contribution in [3.63, 3.8) is 0 Å². The molecule has 11 nitrogen and oxygen atoms in total. The Morgan fingerprint density at radius 1 is 1.09 bits per heavy atom. The van der Waals surface area contributed by atoms with Gasteiger partial charge in [-0.3, -0.25) is 9.47 Å². The van der Waals surface area contributed by atoms with Crippen molar-refractivity contribution in [2.75, 3.05) is 5.73 Å². The lowest BCUT2D eigenvalue weighted by molar-refractivity contribution is 0.134. The van der Waals surface area contributed by atoms with Crippen LogP contribution in [-0.4, -0.2) is 44.8 Å². The third kappa shape index (κ3) is 4.18. The topological polar surface area (TPSA) is 139 Å². The molecule has 1 aliphatic carbocycles. The fraction of sp³-hybridized carbons (Fsp3) is 0.242. The number of nitrogens with zero attached hydrogens (tertiary/aromatic N) is 7. The first-order valence-corrected chi connectivity index (χ1v) is 14.5. The average Bonchev–Trinajstić information content (AvgIpc) is 3.35. The maximum absolute atomic E-state index is 14.2. The maximum atomic E-state index is 14.2. The zero-order valence-electron chi connectivity index (χ0n) is 24.2. The van der Waals surface area contributed by atoms with Gasteiger partial charge >= 0.3 is 0 Å². The van der Waals surface area contributed by atoms with Gasteiger partial charge in [-0.25, -0.2) is 19.6 Å². The first kappa shape index (κ1) is 26.0. The Bertz CT molecular complexity index is 2250. The van der Waals surface area contributed by atoms with Crippen LogP contribution in [-0.2, 0) is 13.0 Å². The number of benzene rings is 2. The number of ether oxygens (including phenoxy) is 1. The van der Waals surface area contributed by atoms with E-state index in [2.05, 4.69) is 21.8 Å². The monoisotopic (exact) mass is 584 g/mol. The van der Waals surface area contributed by atoms with Crippen LogP contribution in [0.15, 0.2) is 66.0 Å². The number of rotatable bonds is 4. The van der Waals surface area contributed by atoms with E-state index >= 15 is 0 Å². The second-order valence-corrected chi connectivity index (χ2v) is 11.9. The standard InChI is InChI=1S/C33H28N8O3/c1-33(2)16-22-21(12-13-24(42)29(22)44-33)28-27-30(34)35-18-36-31(27)40(38-28)17-25-37-23-7-5-6-20(11-10-19-8-9-19)26(23)32(43)41(25)39-14-3-4-15-39/h3-7,12-15,18-19,42H,8-9,16-17H2,1-2H3,(H2,34,35,36). The number of aromatic hydroxyl groups is 1. The fourth-order valence-electron chi connectivity index (χ4n) is 5.91. The molecule has 0 radical (unpaired) electrons. The van der Waals surface area contributed by atoms with E-state index in [1.165, 1.54) is 11.0 Å². The van der Waals surface area contributed by atoms with Gasteiger partial charge in [-0.15, -0.1) is 0 Å². The van der Waals surface area contributed by atoms with Crippen molar-refractivity contribution in [1.82, 2.24) is 34.1 Å². The van der Waals surface area contributed by atoms with Crippen molar-refractivity contribution in [3.05, 3.63) is 88.5 Å². The van der Waals surface area contributed by atoms with Crippen LogP contribution in [0.25, 0.3) is 33.2 Å². The Morgan fingerprint density at radius 2 is 1.91 bits per heavy atom. The summed E-state index contributed by atoms with van der Waals surface area (Å²) >= 11 is 0. The van der Waals surface area contributed by atoms with E-state index in [9.17, 15) is 9.90 Å². The van der Waals surface area contributed by atoms with Crippen LogP contribution in [0.5, 0.6) is 11.5 Å². The number of hydrogen-bond donors (Lipinski definition) is 2. The number of hydrogen-bond acceptors (Lipinski definition) is 8. The molecule has 0 spiro atoms. The molecule has 8 rings (SSSR count). The molecule has 1 aliphatic heterocycles. The van der Waals surface area contributed by atoms with Crippen LogP contribution in [0, 0.1) is 17.8 Å². The first-order valence-electron chi connectivity index (χ1n) is 14.5. The molecular formula is C33H28N8O3. The maximum Gasteiger partial charge on any atom is 0.282 e. The predicted molar refractivity (Wildman–Crippen MR) is 165 cm³/mol. The molecule has 0 amide bonds. The summed E-state index contributed by atoms with van der Waals surface area (Å²) in [5.41, 5.74) is 9.56. The Hall–Kier alpha value is -5.63. The summed E-state index contributed by atoms with van der Waals surface area (Å²) in [6.45, 7) is 4.05. The van der Waals surface area contributed by atoms with E-state index in [0.717, 1.165) is 24.0 Å². The summed E-state index contributed by atoms with van der Waals surface area (Å²) in [4.78, 5) is 28.0. The van der Waals surface area contributed by atoms with Gasteiger partial charge in [-0.05, 0) is 63.1 Å². The van der Waals surface area contributed by atoms with E-state index in [1.54, 1.807) is 27.8 Å². The van der Waals surface area contributed by atoms with Crippen LogP contribution in [0.3, 0.4) is 0 Å². The molecule has 218 valence electrons. The number of fused-ring (bicyclic) bond motifs is 3. The highest BCUT2D eigenvalue weighted by atomic mass is 16.5. The molecule has 4 aromatic heterocycles. The SMILES string of the molecule is CC1(C)Cc2c(-c3nn(Cc4nc5cccc(C#CC6CC6)c5c(=O)n4-n4cccc4)c4ncnc(N)c34)ccc(O)c2O1. The molecule has 11 heteroatoms. The first-order chi connectivity index (χ1) is 21.3. The summed E-state index contributed by atoms with van der Waals surface area (Å²) in [6, 6.07) is 12.7. The Balaban J connectivity index is 1.33. The molecule has 0 saturated heterocycles. The van der Waals surface area contributed by atoms with Crippen molar-refractivity contribution in [2.45, 2.75) is 45.3 Å². The molecule has 0 atom stereocenters. The highest BCUT2D eigenvalue weighted by Crippen LogP contribution is 2.47. The molecule has 3 N–H and O–H groups in total. The van der Waals surface area contributed by atoms with Gasteiger partial charge in [0.15, 0.2) is 23.0 Å². The van der Waals surface area contributed by atoms with Crippen LogP contribution in [0.1, 0.15) is 43.6 Å². The van der Waals surface area contributed by atoms with Gasteiger partial charge in [-0.2, -0.15) is 9.77 Å². The summed E-state index contributed by atoms with van der Waals surface area (Å²) in [6.07, 6.45) is 7.75. The van der Waals surface area contributed by atoms with Crippen LogP contribution < -0.4 is 16.0 Å². The molecule has 2 aliphatic rings. The number of aromatic nitrogens is 7. The van der Waals surface area contributed by atoms with Crippen molar-refractivity contribution in [3.8, 4) is 34.6 Å². The number of phenolic OH excluding ortho intramolecular Hbond substituents is 1. The quantitative estimate of drug-likeness (QED) is 0.295. The second-order valence-electron chi connectivity index (χ2n) is 11.9. The van der Waals surface area contributed by atoms with Crippen molar-refractivity contribution >= 4 is 27.8 Å². The molecular weight excluding hydrogens is 556 g/mol. The number of anilines is 1. The summed E-state index contributed by atoms with van der Waals surface area (Å²) in [5.74, 6) is 8.11. The Morgan fingerprint density at radius 3 is 2.70 bits per heavy atom. The van der Waals surface area contributed by atoms with E-state index < -0.39 is 5.60 Å². The molecule has 6 aromatic rings. The minimum Gasteiger partial charge on any atom is -0.504 e. The lowest BCUT2D eigenvalue weighted by atomic mass is 9.95. The molecule has 1 saturated carbocycles. The van der Waals surface area contributed by atoms with Crippen LogP contribution >= 0.6 is 0 Å². The highest BCUT2D eigenvalue weighted by molar-refractivity contribution is 5.99. The molecule has 0 bridgehead atoms. The second kappa shape index (κ2) is 9.44. The fourth-order valence-corrected chi connectivity index (χ4v) is 5.91. The van der Waals surface area contributed by atoms with Gasteiger partial charge < -0.3 is 15.6 Å². The molecule has 44 heavy (non-hydrogen) atoms. The largest absolute Gasteiger partial charge is 0.504 e. The van der Waals surface area contributed by atoms with Gasteiger partial charge in [0.2, 0.25) is 0 Å². The third-order valence-corrected chi connectivity index (χ3v) is 8.08. The van der Waals surface area contributed by atoms with E-state index in [0.29, 0.717) is 57.1 Å². The normalized spacial score (nSPS) is 15.2.